The Kier molecular flexibility index (Phi) is 0.813. The molecule has 0 heterocycles. The molecule has 0 spiro atoms. The summed E-state index contributed by atoms with van der Waals surface area (Å²) in [5, 5.41) is 0. The van der Waals surface area contributed by atoms with E-state index in [9.17, 15) is 0 Å². The third kappa shape index (κ3) is 4.02. The van der Waals surface area contributed by atoms with E-state index in [4.69, 9.17) is 6.85 Å². The molecule has 1 nitrogen and oxygen atoms in total. The molecule has 0 aliphatic rings. The lowest BCUT2D eigenvalue weighted by atomic mass is 9.75. The predicted molar refractivity (Wildman–Crippen MR) is 29.1 cm³/mol. The smallest absolute Gasteiger partial charge is 0.286 e. The highest BCUT2D eigenvalue weighted by molar-refractivity contribution is 6.48. The van der Waals surface area contributed by atoms with Gasteiger partial charge in [0, 0.05) is 10.7 Å². The van der Waals surface area contributed by atoms with Gasteiger partial charge in [0.25, 0.3) is 6.92 Å². The summed E-state index contributed by atoms with van der Waals surface area (Å²) >= 11 is 0. The standard InChI is InChI=1S/C4H11BO/c1-4-6-5(2)3/h4H2,1-3H3/i1D3,4D2. The van der Waals surface area contributed by atoms with Gasteiger partial charge in [-0.05, 0) is 6.85 Å². The molecule has 0 saturated carbocycles. The van der Waals surface area contributed by atoms with E-state index in [-0.39, 0.29) is 0 Å². The molecule has 0 rings (SSSR count). The second kappa shape index (κ2) is 3.22. The van der Waals surface area contributed by atoms with Gasteiger partial charge in [-0.3, -0.25) is 0 Å². The van der Waals surface area contributed by atoms with E-state index in [1.807, 2.05) is 0 Å². The molecule has 6 heavy (non-hydrogen) atoms. The normalized spacial score (nSPS) is 25.3. The van der Waals surface area contributed by atoms with Gasteiger partial charge in [0.1, 0.15) is 0 Å². The fourth-order valence-corrected chi connectivity index (χ4v) is 0.118. The van der Waals surface area contributed by atoms with Crippen LogP contribution in [0.5, 0.6) is 0 Å². The Labute approximate surface area is 46.8 Å². The van der Waals surface area contributed by atoms with Crippen LogP contribution < -0.4 is 0 Å². The first-order chi connectivity index (χ1) is 4.67. The first-order valence-electron chi connectivity index (χ1n) is 4.34. The lowest BCUT2D eigenvalue weighted by molar-refractivity contribution is 0.350. The van der Waals surface area contributed by atoms with E-state index in [0.29, 0.717) is 0 Å². The maximum absolute atomic E-state index is 6.99. The van der Waals surface area contributed by atoms with Gasteiger partial charge < -0.3 is 4.65 Å². The van der Waals surface area contributed by atoms with Gasteiger partial charge >= 0.3 is 0 Å². The van der Waals surface area contributed by atoms with Crippen molar-refractivity contribution < 1.29 is 11.5 Å². The summed E-state index contributed by atoms with van der Waals surface area (Å²) in [5.41, 5.74) is 0. The molecule has 0 fully saturated rings. The second-order valence-corrected chi connectivity index (χ2v) is 1.27. The molecule has 0 aliphatic heterocycles. The van der Waals surface area contributed by atoms with Crippen molar-refractivity contribution in [1.29, 1.82) is 0 Å². The summed E-state index contributed by atoms with van der Waals surface area (Å²) in [5.74, 6) is 0. The van der Waals surface area contributed by atoms with Crippen LogP contribution >= 0.6 is 0 Å². The summed E-state index contributed by atoms with van der Waals surface area (Å²) in [7, 11) is 0. The van der Waals surface area contributed by atoms with Gasteiger partial charge in [-0.2, -0.15) is 0 Å². The van der Waals surface area contributed by atoms with Crippen LogP contribution in [-0.4, -0.2) is 13.5 Å². The highest BCUT2D eigenvalue weighted by atomic mass is 16.4. The Morgan fingerprint density at radius 1 is 2.00 bits per heavy atom. The summed E-state index contributed by atoms with van der Waals surface area (Å²) in [6.45, 7) is -2.50. The zero-order valence-corrected chi connectivity index (χ0v) is 3.99. The van der Waals surface area contributed by atoms with Crippen molar-refractivity contribution in [2.75, 3.05) is 6.56 Å². The molecule has 0 aromatic carbocycles. The van der Waals surface area contributed by atoms with Crippen molar-refractivity contribution >= 4 is 6.92 Å². The van der Waals surface area contributed by atoms with Crippen molar-refractivity contribution in [3.63, 3.8) is 0 Å². The molecule has 0 bridgehead atoms. The van der Waals surface area contributed by atoms with Crippen LogP contribution in [0.1, 0.15) is 13.7 Å². The maximum Gasteiger partial charge on any atom is 0.286 e. The zero-order valence-electron chi connectivity index (χ0n) is 8.99. The largest absolute Gasteiger partial charge is 0.437 e. The van der Waals surface area contributed by atoms with Crippen molar-refractivity contribution in [2.45, 2.75) is 20.5 Å². The molecule has 0 atom stereocenters. The first kappa shape index (κ1) is 1.51. The monoisotopic (exact) mass is 91.1 g/mol. The van der Waals surface area contributed by atoms with Crippen LogP contribution in [0.15, 0.2) is 0 Å². The van der Waals surface area contributed by atoms with Crippen LogP contribution in [0, 0.1) is 0 Å². The average Bonchev–Trinajstić information content (AvgIpc) is 1.56. The lowest BCUT2D eigenvalue weighted by Crippen LogP contribution is -2.05. The van der Waals surface area contributed by atoms with Crippen molar-refractivity contribution in [1.82, 2.24) is 0 Å². The van der Waals surface area contributed by atoms with Gasteiger partial charge in [0.2, 0.25) is 0 Å². The van der Waals surface area contributed by atoms with Gasteiger partial charge in [0.15, 0.2) is 0 Å². The minimum atomic E-state index is -2.71. The van der Waals surface area contributed by atoms with Gasteiger partial charge in [-0.1, -0.05) is 13.6 Å². The molecule has 0 saturated heterocycles. The fraction of sp³-hybridized carbons (Fsp3) is 1.00. The Hall–Kier alpha value is 0.0249. The minimum absolute atomic E-state index is 0.426. The van der Waals surface area contributed by atoms with Crippen LogP contribution in [0.25, 0.3) is 0 Å². The van der Waals surface area contributed by atoms with E-state index in [2.05, 4.69) is 4.65 Å². The Morgan fingerprint density at radius 3 is 2.83 bits per heavy atom. The number of rotatable bonds is 2. The fourth-order valence-electron chi connectivity index (χ4n) is 0.118. The maximum atomic E-state index is 6.99. The SMILES string of the molecule is [2H]C([2H])([2H])C([2H])([2H])OB(C)C. The molecule has 0 aromatic rings. The number of hydrogen-bond acceptors (Lipinski definition) is 1. The van der Waals surface area contributed by atoms with Gasteiger partial charge in [-0.25, -0.2) is 0 Å². The molecule has 2 heteroatoms. The molecule has 0 aliphatic carbocycles. The van der Waals surface area contributed by atoms with E-state index in [0.717, 1.165) is 0 Å². The molecule has 0 radical (unpaired) electrons. The first-order valence-corrected chi connectivity index (χ1v) is 1.84. The molecule has 0 aromatic heterocycles. The van der Waals surface area contributed by atoms with Gasteiger partial charge in [-0.15, -0.1) is 0 Å². The van der Waals surface area contributed by atoms with E-state index in [1.54, 1.807) is 13.6 Å². The highest BCUT2D eigenvalue weighted by Gasteiger charge is 1.92. The van der Waals surface area contributed by atoms with Crippen LogP contribution in [-0.2, 0) is 4.65 Å². The average molecular weight is 91.0 g/mol. The van der Waals surface area contributed by atoms with E-state index >= 15 is 0 Å². The molecule has 0 unspecified atom stereocenters. The minimum Gasteiger partial charge on any atom is -0.437 e. The zero-order chi connectivity index (χ0) is 9.28. The molecule has 0 N–H and O–H groups in total. The van der Waals surface area contributed by atoms with Crippen molar-refractivity contribution in [2.24, 2.45) is 0 Å². The third-order valence-corrected chi connectivity index (χ3v) is 0.295. The van der Waals surface area contributed by atoms with Crippen molar-refractivity contribution in [3.8, 4) is 0 Å². The number of hydrogen-bond donors (Lipinski definition) is 0. The molecular weight excluding hydrogens is 74.9 g/mol. The summed E-state index contributed by atoms with van der Waals surface area (Å²) in [6, 6.07) is 0. The topological polar surface area (TPSA) is 9.23 Å². The predicted octanol–water partition coefficient (Wildman–Crippen LogP) is 1.27. The Balaban J connectivity index is 4.22. The van der Waals surface area contributed by atoms with E-state index < -0.39 is 20.3 Å². The van der Waals surface area contributed by atoms with Crippen LogP contribution in [0.3, 0.4) is 0 Å². The van der Waals surface area contributed by atoms with Crippen LogP contribution in [0.2, 0.25) is 13.6 Å². The van der Waals surface area contributed by atoms with Gasteiger partial charge in [0.05, 0.1) is 2.74 Å². The lowest BCUT2D eigenvalue weighted by Gasteiger charge is -1.96. The van der Waals surface area contributed by atoms with E-state index in [1.165, 1.54) is 0 Å². The third-order valence-electron chi connectivity index (χ3n) is 0.295. The molecule has 0 amide bonds. The highest BCUT2D eigenvalue weighted by Crippen LogP contribution is 1.79. The molecular formula is C4H11BO. The summed E-state index contributed by atoms with van der Waals surface area (Å²) < 4.78 is 38.8. The quantitative estimate of drug-likeness (QED) is 0.465. The Morgan fingerprint density at radius 2 is 2.67 bits per heavy atom. The summed E-state index contributed by atoms with van der Waals surface area (Å²) in [4.78, 5) is 0. The summed E-state index contributed by atoms with van der Waals surface area (Å²) in [6.07, 6.45) is 0. The van der Waals surface area contributed by atoms with Crippen LogP contribution in [0.4, 0.5) is 0 Å². The second-order valence-electron chi connectivity index (χ2n) is 1.27. The Bertz CT molecular complexity index is 131. The van der Waals surface area contributed by atoms with Crippen molar-refractivity contribution in [3.05, 3.63) is 0 Å². The molecule has 36 valence electrons.